The summed E-state index contributed by atoms with van der Waals surface area (Å²) in [5.41, 5.74) is 0. The maximum Gasteiger partial charge on any atom is 0.631 e. The first-order valence-corrected chi connectivity index (χ1v) is 3.86. The Kier molecular flexibility index (Phi) is 8.17. The number of alkyl halides is 5. The Hall–Kier alpha value is -1.51. The molecule has 0 spiro atoms. The normalized spacial score (nSPS) is 11.2. The first-order valence-electron chi connectivity index (χ1n) is 3.86. The molecule has 19 heavy (non-hydrogen) atoms. The van der Waals surface area contributed by atoms with Crippen molar-refractivity contribution >= 4 is 19.3 Å². The smallest absolute Gasteiger partial charge is 0.473 e. The van der Waals surface area contributed by atoms with E-state index < -0.39 is 38.0 Å². The predicted molar refractivity (Wildman–Crippen MR) is 43.1 cm³/mol. The number of carbonyl (C=O) groups excluding carboxylic acids is 1. The first-order chi connectivity index (χ1) is 8.31. The van der Waals surface area contributed by atoms with Gasteiger partial charge in [0, 0.05) is 0 Å². The van der Waals surface area contributed by atoms with Crippen molar-refractivity contribution in [3.63, 3.8) is 0 Å². The average Bonchev–Trinajstić information content (AvgIpc) is 2.14. The predicted octanol–water partition coefficient (Wildman–Crippen LogP) is -1.31. The van der Waals surface area contributed by atoms with Gasteiger partial charge in [-0.15, -0.1) is 0 Å². The monoisotopic (exact) mass is 300 g/mol. The SMILES string of the molecule is O=C(O)C(=O)OOCC(F)(F)C(F)(F)F.OB(O)O. The zero-order chi connectivity index (χ0) is 15.9. The van der Waals surface area contributed by atoms with Crippen molar-refractivity contribution in [1.29, 1.82) is 0 Å². The van der Waals surface area contributed by atoms with Crippen LogP contribution in [0.2, 0.25) is 0 Å². The summed E-state index contributed by atoms with van der Waals surface area (Å²) in [6, 6.07) is 0. The van der Waals surface area contributed by atoms with E-state index in [1.165, 1.54) is 0 Å². The summed E-state index contributed by atoms with van der Waals surface area (Å²) >= 11 is 0. The minimum atomic E-state index is -5.87. The quantitative estimate of drug-likeness (QED) is 0.166. The Morgan fingerprint density at radius 1 is 1.05 bits per heavy atom. The summed E-state index contributed by atoms with van der Waals surface area (Å²) in [7, 11) is -2.17. The van der Waals surface area contributed by atoms with Crippen LogP contribution in [0.5, 0.6) is 0 Å². The molecular formula is C5H6BF5O8. The molecule has 0 saturated carbocycles. The largest absolute Gasteiger partial charge is 0.631 e. The average molecular weight is 300 g/mol. The molecule has 0 atom stereocenters. The van der Waals surface area contributed by atoms with Crippen LogP contribution >= 0.6 is 0 Å². The number of carboxylic acids is 1. The molecule has 0 rings (SSSR count). The van der Waals surface area contributed by atoms with E-state index in [0.29, 0.717) is 0 Å². The molecule has 0 aromatic rings. The van der Waals surface area contributed by atoms with Crippen LogP contribution in [0.1, 0.15) is 0 Å². The number of halogens is 5. The second-order valence-electron chi connectivity index (χ2n) is 2.49. The van der Waals surface area contributed by atoms with Crippen molar-refractivity contribution in [2.45, 2.75) is 12.1 Å². The fourth-order valence-electron chi connectivity index (χ4n) is 0.274. The summed E-state index contributed by atoms with van der Waals surface area (Å²) in [4.78, 5) is 26.0. The van der Waals surface area contributed by atoms with Crippen LogP contribution in [0.15, 0.2) is 0 Å². The van der Waals surface area contributed by atoms with E-state index in [0.717, 1.165) is 0 Å². The summed E-state index contributed by atoms with van der Waals surface area (Å²) in [6.45, 7) is -2.31. The number of carbonyl (C=O) groups is 2. The van der Waals surface area contributed by atoms with Gasteiger partial charge in [0.05, 0.1) is 0 Å². The van der Waals surface area contributed by atoms with Crippen molar-refractivity contribution in [3.8, 4) is 0 Å². The summed E-state index contributed by atoms with van der Waals surface area (Å²) in [5.74, 6) is -9.52. The van der Waals surface area contributed by atoms with Crippen LogP contribution < -0.4 is 0 Å². The van der Waals surface area contributed by atoms with Crippen LogP contribution in [0.4, 0.5) is 22.0 Å². The Balaban J connectivity index is 0. The van der Waals surface area contributed by atoms with E-state index in [2.05, 4.69) is 9.78 Å². The van der Waals surface area contributed by atoms with E-state index in [-0.39, 0.29) is 0 Å². The molecule has 14 heteroatoms. The zero-order valence-corrected chi connectivity index (χ0v) is 8.60. The first kappa shape index (κ1) is 19.8. The van der Waals surface area contributed by atoms with Gasteiger partial charge < -0.3 is 20.2 Å². The van der Waals surface area contributed by atoms with Crippen LogP contribution in [0, 0.1) is 0 Å². The van der Waals surface area contributed by atoms with Gasteiger partial charge in [0.15, 0.2) is 6.61 Å². The van der Waals surface area contributed by atoms with Gasteiger partial charge in [-0.1, -0.05) is 0 Å². The second kappa shape index (κ2) is 7.83. The van der Waals surface area contributed by atoms with Crippen molar-refractivity contribution < 1.29 is 61.5 Å². The lowest BCUT2D eigenvalue weighted by Crippen LogP contribution is -2.41. The minimum absolute atomic E-state index is 2.10. The Morgan fingerprint density at radius 2 is 1.42 bits per heavy atom. The Morgan fingerprint density at radius 3 is 1.68 bits per heavy atom. The van der Waals surface area contributed by atoms with E-state index in [4.69, 9.17) is 20.2 Å². The van der Waals surface area contributed by atoms with Gasteiger partial charge in [-0.3, -0.25) is 4.89 Å². The van der Waals surface area contributed by atoms with Crippen molar-refractivity contribution in [2.75, 3.05) is 6.61 Å². The highest BCUT2D eigenvalue weighted by atomic mass is 19.4. The molecule has 0 aromatic heterocycles. The standard InChI is InChI=1S/C5H3F5O5.BH3O3/c6-4(7,5(8,9)10)1-14-15-3(13)2(11)12;2-1(3)4/h1H2,(H,11,12);2-4H. The maximum atomic E-state index is 12.0. The molecule has 0 aliphatic heterocycles. The Labute approximate surface area is 101 Å². The van der Waals surface area contributed by atoms with Gasteiger partial charge in [0.1, 0.15) is 0 Å². The van der Waals surface area contributed by atoms with E-state index in [9.17, 15) is 31.5 Å². The third-order valence-electron chi connectivity index (χ3n) is 0.964. The van der Waals surface area contributed by atoms with Gasteiger partial charge in [-0.05, 0) is 0 Å². The van der Waals surface area contributed by atoms with Crippen LogP contribution in [0.25, 0.3) is 0 Å². The third kappa shape index (κ3) is 10.1. The third-order valence-corrected chi connectivity index (χ3v) is 0.964. The summed E-state index contributed by atoms with van der Waals surface area (Å²) < 4.78 is 58.3. The van der Waals surface area contributed by atoms with Crippen molar-refractivity contribution in [3.05, 3.63) is 0 Å². The topological polar surface area (TPSA) is 134 Å². The molecule has 0 heterocycles. The minimum Gasteiger partial charge on any atom is -0.473 e. The molecule has 0 amide bonds. The highest BCUT2D eigenvalue weighted by Crippen LogP contribution is 2.35. The summed E-state index contributed by atoms with van der Waals surface area (Å²) in [6.07, 6.45) is -5.87. The molecule has 8 nitrogen and oxygen atoms in total. The number of hydrogen-bond donors (Lipinski definition) is 4. The molecule has 0 radical (unpaired) electrons. The molecule has 0 aliphatic rings. The molecule has 112 valence electrons. The molecular weight excluding hydrogens is 294 g/mol. The highest BCUT2D eigenvalue weighted by molar-refractivity contribution is 6.30. The van der Waals surface area contributed by atoms with Gasteiger partial charge in [0.25, 0.3) is 0 Å². The van der Waals surface area contributed by atoms with Crippen LogP contribution in [0.3, 0.4) is 0 Å². The van der Waals surface area contributed by atoms with Gasteiger partial charge in [-0.25, -0.2) is 9.59 Å². The van der Waals surface area contributed by atoms with Gasteiger partial charge >= 0.3 is 31.4 Å². The molecule has 0 fully saturated rings. The molecule has 0 aromatic carbocycles. The fraction of sp³-hybridized carbons (Fsp3) is 0.600. The van der Waals surface area contributed by atoms with Crippen molar-refractivity contribution in [2.24, 2.45) is 0 Å². The number of carboxylic acid groups (broad SMARTS) is 1. The highest BCUT2D eigenvalue weighted by Gasteiger charge is 2.58. The number of aliphatic carboxylic acids is 1. The fourth-order valence-corrected chi connectivity index (χ4v) is 0.274. The van der Waals surface area contributed by atoms with E-state index in [1.54, 1.807) is 0 Å². The number of rotatable bonds is 3. The lowest BCUT2D eigenvalue weighted by molar-refractivity contribution is -0.350. The molecule has 0 aliphatic carbocycles. The molecule has 0 saturated heterocycles. The molecule has 4 N–H and O–H groups in total. The number of hydrogen-bond acceptors (Lipinski definition) is 7. The van der Waals surface area contributed by atoms with Crippen LogP contribution in [-0.2, 0) is 19.4 Å². The second-order valence-corrected chi connectivity index (χ2v) is 2.49. The summed E-state index contributed by atoms with van der Waals surface area (Å²) in [5, 5.41) is 29.3. The van der Waals surface area contributed by atoms with Crippen LogP contribution in [-0.4, -0.2) is 58.1 Å². The molecule has 0 unspecified atom stereocenters. The van der Waals surface area contributed by atoms with Gasteiger partial charge in [-0.2, -0.15) is 26.8 Å². The molecule has 0 bridgehead atoms. The van der Waals surface area contributed by atoms with Gasteiger partial charge in [0.2, 0.25) is 0 Å². The van der Waals surface area contributed by atoms with E-state index >= 15 is 0 Å². The Bertz CT molecular complexity index is 302. The lowest BCUT2D eigenvalue weighted by Gasteiger charge is -2.17. The van der Waals surface area contributed by atoms with E-state index in [1.807, 2.05) is 0 Å². The van der Waals surface area contributed by atoms with Crippen molar-refractivity contribution in [1.82, 2.24) is 0 Å². The lowest BCUT2D eigenvalue weighted by atomic mass is 10.3. The maximum absolute atomic E-state index is 12.0. The zero-order valence-electron chi connectivity index (χ0n) is 8.60.